The molecule has 2 heterocycles. The predicted octanol–water partition coefficient (Wildman–Crippen LogP) is 2.05. The summed E-state index contributed by atoms with van der Waals surface area (Å²) in [6.07, 6.45) is -0.237. The van der Waals surface area contributed by atoms with Crippen LogP contribution >= 0.6 is 0 Å². The second-order valence-corrected chi connectivity index (χ2v) is 5.94. The second kappa shape index (κ2) is 5.68. The highest BCUT2D eigenvalue weighted by molar-refractivity contribution is 5.97. The zero-order valence-corrected chi connectivity index (χ0v) is 12.7. The fourth-order valence-corrected chi connectivity index (χ4v) is 3.21. The van der Waals surface area contributed by atoms with Crippen molar-refractivity contribution in [1.82, 2.24) is 20.3 Å². The molecule has 1 fully saturated rings. The molecule has 0 aliphatic carbocycles. The van der Waals surface area contributed by atoms with Crippen molar-refractivity contribution in [2.24, 2.45) is 0 Å². The van der Waals surface area contributed by atoms with Crippen LogP contribution in [0, 0.1) is 5.82 Å². The highest BCUT2D eigenvalue weighted by atomic mass is 19.1. The number of carbonyl (C=O) groups excluding carboxylic acids is 1. The zero-order valence-electron chi connectivity index (χ0n) is 12.7. The monoisotopic (exact) mass is 326 g/mol. The molecular weight excluding hydrogens is 311 g/mol. The topological polar surface area (TPSA) is 82.1 Å². The van der Waals surface area contributed by atoms with Gasteiger partial charge < -0.3 is 10.0 Å². The van der Waals surface area contributed by atoms with Crippen LogP contribution in [0.3, 0.4) is 0 Å². The average Bonchev–Trinajstić information content (AvgIpc) is 3.19. The molecule has 0 bridgehead atoms. The summed E-state index contributed by atoms with van der Waals surface area (Å²) in [4.78, 5) is 14.5. The Morgan fingerprint density at radius 1 is 1.21 bits per heavy atom. The molecule has 24 heavy (non-hydrogen) atoms. The van der Waals surface area contributed by atoms with E-state index in [9.17, 15) is 14.3 Å². The molecule has 1 aliphatic rings. The summed E-state index contributed by atoms with van der Waals surface area (Å²) >= 11 is 0. The smallest absolute Gasteiger partial charge is 0.254 e. The fourth-order valence-electron chi connectivity index (χ4n) is 3.21. The van der Waals surface area contributed by atoms with Crippen molar-refractivity contribution in [2.45, 2.75) is 18.6 Å². The summed E-state index contributed by atoms with van der Waals surface area (Å²) in [6.45, 7) is 0.219. The van der Waals surface area contributed by atoms with Gasteiger partial charge >= 0.3 is 0 Å². The lowest BCUT2D eigenvalue weighted by Gasteiger charge is -2.25. The predicted molar refractivity (Wildman–Crippen MR) is 84.7 cm³/mol. The van der Waals surface area contributed by atoms with E-state index in [1.807, 2.05) is 0 Å². The van der Waals surface area contributed by atoms with Crippen molar-refractivity contribution in [2.75, 3.05) is 6.54 Å². The van der Waals surface area contributed by atoms with Crippen LogP contribution in [0.15, 0.2) is 42.5 Å². The Labute approximate surface area is 136 Å². The molecule has 0 radical (unpaired) electrons. The maximum absolute atomic E-state index is 13.5. The number of carbonyl (C=O) groups is 1. The number of fused-ring (bicyclic) bond motifs is 1. The van der Waals surface area contributed by atoms with E-state index >= 15 is 0 Å². The number of halogens is 1. The van der Waals surface area contributed by atoms with E-state index < -0.39 is 6.10 Å². The SMILES string of the molecule is O=C(c1ccc2n[nH]nc2c1)N1C[C@H](O)C[C@H]1c1cccc(F)c1. The summed E-state index contributed by atoms with van der Waals surface area (Å²) in [5.74, 6) is -0.573. The second-order valence-electron chi connectivity index (χ2n) is 5.94. The summed E-state index contributed by atoms with van der Waals surface area (Å²) in [6, 6.07) is 10.9. The average molecular weight is 326 g/mol. The molecule has 1 saturated heterocycles. The lowest BCUT2D eigenvalue weighted by Crippen LogP contribution is -2.31. The van der Waals surface area contributed by atoms with Crippen LogP contribution in [0.5, 0.6) is 0 Å². The molecule has 2 N–H and O–H groups in total. The molecule has 1 amide bonds. The maximum atomic E-state index is 13.5. The summed E-state index contributed by atoms with van der Waals surface area (Å²) < 4.78 is 13.5. The van der Waals surface area contributed by atoms with Crippen LogP contribution in [0.4, 0.5) is 4.39 Å². The third kappa shape index (κ3) is 2.52. The molecule has 1 aliphatic heterocycles. The van der Waals surface area contributed by atoms with Crippen LogP contribution in [0.2, 0.25) is 0 Å². The lowest BCUT2D eigenvalue weighted by molar-refractivity contribution is 0.0715. The summed E-state index contributed by atoms with van der Waals surface area (Å²) in [7, 11) is 0. The van der Waals surface area contributed by atoms with Crippen LogP contribution in [0.1, 0.15) is 28.4 Å². The normalized spacial score (nSPS) is 20.7. The zero-order chi connectivity index (χ0) is 16.7. The van der Waals surface area contributed by atoms with Crippen LogP contribution < -0.4 is 0 Å². The molecule has 122 valence electrons. The minimum absolute atomic E-state index is 0.217. The number of aliphatic hydroxyl groups excluding tert-OH is 1. The third-order valence-electron chi connectivity index (χ3n) is 4.34. The number of hydrogen-bond donors (Lipinski definition) is 2. The van der Waals surface area contributed by atoms with Crippen LogP contribution in [0.25, 0.3) is 11.0 Å². The molecule has 2 atom stereocenters. The van der Waals surface area contributed by atoms with E-state index in [1.165, 1.54) is 12.1 Å². The van der Waals surface area contributed by atoms with E-state index in [2.05, 4.69) is 15.4 Å². The Morgan fingerprint density at radius 3 is 2.88 bits per heavy atom. The highest BCUT2D eigenvalue weighted by Crippen LogP contribution is 2.33. The Bertz CT molecular complexity index is 910. The van der Waals surface area contributed by atoms with Gasteiger partial charge in [0.2, 0.25) is 0 Å². The van der Waals surface area contributed by atoms with Gasteiger partial charge in [-0.05, 0) is 42.3 Å². The molecule has 4 rings (SSSR count). The number of benzene rings is 2. The van der Waals surface area contributed by atoms with Crippen molar-refractivity contribution in [3.63, 3.8) is 0 Å². The summed E-state index contributed by atoms with van der Waals surface area (Å²) in [5.41, 5.74) is 2.42. The third-order valence-corrected chi connectivity index (χ3v) is 4.34. The van der Waals surface area contributed by atoms with Crippen molar-refractivity contribution in [1.29, 1.82) is 0 Å². The first kappa shape index (κ1) is 14.8. The highest BCUT2D eigenvalue weighted by Gasteiger charge is 2.36. The van der Waals surface area contributed by atoms with E-state index in [0.717, 1.165) is 0 Å². The van der Waals surface area contributed by atoms with Gasteiger partial charge in [-0.1, -0.05) is 12.1 Å². The summed E-state index contributed by atoms with van der Waals surface area (Å²) in [5, 5.41) is 20.5. The molecule has 0 unspecified atom stereocenters. The van der Waals surface area contributed by atoms with E-state index in [0.29, 0.717) is 28.6 Å². The first-order valence-electron chi connectivity index (χ1n) is 7.67. The number of likely N-dealkylation sites (tertiary alicyclic amines) is 1. The maximum Gasteiger partial charge on any atom is 0.254 e. The van der Waals surface area contributed by atoms with Crippen molar-refractivity contribution in [3.8, 4) is 0 Å². The van der Waals surface area contributed by atoms with Gasteiger partial charge in [-0.3, -0.25) is 4.79 Å². The van der Waals surface area contributed by atoms with Gasteiger partial charge in [-0.15, -0.1) is 0 Å². The van der Waals surface area contributed by atoms with Gasteiger partial charge in [0.05, 0.1) is 12.1 Å². The molecule has 0 spiro atoms. The van der Waals surface area contributed by atoms with E-state index in [1.54, 1.807) is 35.2 Å². The first-order valence-corrected chi connectivity index (χ1v) is 7.67. The van der Waals surface area contributed by atoms with Gasteiger partial charge in [-0.2, -0.15) is 15.4 Å². The van der Waals surface area contributed by atoms with Gasteiger partial charge in [0.25, 0.3) is 5.91 Å². The number of β-amino-alcohol motifs (C(OH)–C–C–N with tert-alkyl or cyclic N) is 1. The number of amides is 1. The first-order chi connectivity index (χ1) is 11.6. The van der Waals surface area contributed by atoms with Gasteiger partial charge in [0, 0.05) is 12.1 Å². The minimum atomic E-state index is -0.627. The molecule has 2 aromatic carbocycles. The molecule has 6 nitrogen and oxygen atoms in total. The number of nitrogens with one attached hydrogen (secondary N) is 1. The minimum Gasteiger partial charge on any atom is -0.391 e. The number of aromatic nitrogens is 3. The van der Waals surface area contributed by atoms with Gasteiger partial charge in [0.1, 0.15) is 16.9 Å². The Hall–Kier alpha value is -2.80. The molecule has 0 saturated carbocycles. The van der Waals surface area contributed by atoms with E-state index in [-0.39, 0.29) is 24.3 Å². The van der Waals surface area contributed by atoms with Crippen molar-refractivity contribution >= 4 is 16.9 Å². The number of aliphatic hydroxyl groups is 1. The van der Waals surface area contributed by atoms with Crippen LogP contribution in [-0.2, 0) is 0 Å². The van der Waals surface area contributed by atoms with Gasteiger partial charge in [0.15, 0.2) is 0 Å². The van der Waals surface area contributed by atoms with Crippen molar-refractivity contribution < 1.29 is 14.3 Å². The number of H-pyrrole nitrogens is 1. The molecule has 7 heteroatoms. The number of hydrogen-bond acceptors (Lipinski definition) is 4. The quantitative estimate of drug-likeness (QED) is 0.755. The Morgan fingerprint density at radius 2 is 2.04 bits per heavy atom. The molecular formula is C17H15FN4O2. The van der Waals surface area contributed by atoms with E-state index in [4.69, 9.17) is 0 Å². The van der Waals surface area contributed by atoms with Crippen molar-refractivity contribution in [3.05, 3.63) is 59.4 Å². The molecule has 1 aromatic heterocycles. The largest absolute Gasteiger partial charge is 0.391 e. The number of rotatable bonds is 2. The number of nitrogens with zero attached hydrogens (tertiary/aromatic N) is 3. The van der Waals surface area contributed by atoms with Gasteiger partial charge in [-0.25, -0.2) is 4.39 Å². The Kier molecular flexibility index (Phi) is 3.50. The standard InChI is InChI=1S/C17H15FN4O2/c18-12-3-1-2-10(6-12)16-8-13(23)9-22(16)17(24)11-4-5-14-15(7-11)20-21-19-14/h1-7,13,16,23H,8-9H2,(H,19,20,21)/t13-,16+/m1/s1. The molecule has 3 aromatic rings. The Balaban J connectivity index is 1.68. The van der Waals surface area contributed by atoms with Crippen LogP contribution in [-0.4, -0.2) is 44.0 Å². The fraction of sp³-hybridized carbons (Fsp3) is 0.235. The number of aromatic amines is 1. The lowest BCUT2D eigenvalue weighted by atomic mass is 10.0.